The number of aryl methyl sites for hydroxylation is 2. The van der Waals surface area contributed by atoms with Gasteiger partial charge >= 0.3 is 0 Å². The second kappa shape index (κ2) is 5.20. The highest BCUT2D eigenvalue weighted by atomic mass is 19.1. The summed E-state index contributed by atoms with van der Waals surface area (Å²) in [5.41, 5.74) is 3.30. The van der Waals surface area contributed by atoms with E-state index < -0.39 is 5.82 Å². The summed E-state index contributed by atoms with van der Waals surface area (Å²) < 4.78 is 13.1. The fourth-order valence-electron chi connectivity index (χ4n) is 2.77. The molecule has 0 fully saturated rings. The number of aromatic hydroxyl groups is 1. The molecule has 21 heavy (non-hydrogen) atoms. The number of halogens is 1. The second-order valence-corrected chi connectivity index (χ2v) is 5.35. The van der Waals surface area contributed by atoms with Gasteiger partial charge in [0.2, 0.25) is 0 Å². The lowest BCUT2D eigenvalue weighted by atomic mass is 9.98. The van der Waals surface area contributed by atoms with Crippen LogP contribution in [0.5, 0.6) is 5.75 Å². The first kappa shape index (κ1) is 13.6. The van der Waals surface area contributed by atoms with Gasteiger partial charge in [0.05, 0.1) is 5.56 Å². The molecule has 4 heteroatoms. The first-order valence-electron chi connectivity index (χ1n) is 6.96. The van der Waals surface area contributed by atoms with E-state index in [4.69, 9.17) is 0 Å². The van der Waals surface area contributed by atoms with Crippen LogP contribution in [0.15, 0.2) is 36.4 Å². The molecule has 0 aromatic heterocycles. The number of rotatable bonds is 1. The summed E-state index contributed by atoms with van der Waals surface area (Å²) in [4.78, 5) is 14.3. The lowest BCUT2D eigenvalue weighted by molar-refractivity contribution is 0.0982. The van der Waals surface area contributed by atoms with Gasteiger partial charge in [-0.05, 0) is 43.5 Å². The predicted molar refractivity (Wildman–Crippen MR) is 79.2 cm³/mol. The Labute approximate surface area is 122 Å². The van der Waals surface area contributed by atoms with Gasteiger partial charge in [-0.2, -0.15) is 0 Å². The van der Waals surface area contributed by atoms with Crippen molar-refractivity contribution < 1.29 is 14.3 Å². The van der Waals surface area contributed by atoms with Crippen molar-refractivity contribution in [2.75, 3.05) is 11.4 Å². The van der Waals surface area contributed by atoms with Gasteiger partial charge in [-0.25, -0.2) is 4.39 Å². The number of anilines is 1. The number of carbonyl (C=O) groups excluding carboxylic acids is 1. The van der Waals surface area contributed by atoms with E-state index in [0.29, 0.717) is 6.54 Å². The highest BCUT2D eigenvalue weighted by molar-refractivity contribution is 6.08. The molecule has 1 aliphatic heterocycles. The Bertz CT molecular complexity index is 712. The number of hydrogen-bond donors (Lipinski definition) is 1. The van der Waals surface area contributed by atoms with Crippen molar-refractivity contribution in [3.05, 3.63) is 58.9 Å². The topological polar surface area (TPSA) is 40.5 Å². The van der Waals surface area contributed by atoms with Gasteiger partial charge < -0.3 is 10.0 Å². The van der Waals surface area contributed by atoms with Crippen LogP contribution in [0.25, 0.3) is 0 Å². The third-order valence-electron chi connectivity index (χ3n) is 3.79. The maximum Gasteiger partial charge on any atom is 0.262 e. The molecule has 0 unspecified atom stereocenters. The van der Waals surface area contributed by atoms with Gasteiger partial charge in [-0.3, -0.25) is 4.79 Å². The van der Waals surface area contributed by atoms with E-state index in [0.717, 1.165) is 35.7 Å². The molecule has 0 aliphatic carbocycles. The molecule has 1 N–H and O–H groups in total. The molecule has 1 heterocycles. The second-order valence-electron chi connectivity index (χ2n) is 5.35. The van der Waals surface area contributed by atoms with Crippen molar-refractivity contribution in [1.82, 2.24) is 0 Å². The van der Waals surface area contributed by atoms with E-state index >= 15 is 0 Å². The van der Waals surface area contributed by atoms with Crippen LogP contribution >= 0.6 is 0 Å². The number of phenols is 1. The number of nitrogens with zero attached hydrogens (tertiary/aromatic N) is 1. The summed E-state index contributed by atoms with van der Waals surface area (Å²) >= 11 is 0. The molecule has 0 spiro atoms. The summed E-state index contributed by atoms with van der Waals surface area (Å²) in [6.07, 6.45) is 1.82. The van der Waals surface area contributed by atoms with Gasteiger partial charge in [-0.15, -0.1) is 0 Å². The minimum absolute atomic E-state index is 0.129. The van der Waals surface area contributed by atoms with Crippen LogP contribution in [0.3, 0.4) is 0 Å². The summed E-state index contributed by atoms with van der Waals surface area (Å²) in [6.45, 7) is 2.62. The number of benzene rings is 2. The molecular weight excluding hydrogens is 269 g/mol. The fourth-order valence-corrected chi connectivity index (χ4v) is 2.77. The van der Waals surface area contributed by atoms with E-state index in [9.17, 15) is 14.3 Å². The van der Waals surface area contributed by atoms with E-state index in [1.807, 2.05) is 19.1 Å². The van der Waals surface area contributed by atoms with Crippen molar-refractivity contribution in [3.8, 4) is 5.75 Å². The molecule has 0 atom stereocenters. The molecule has 0 saturated heterocycles. The minimum atomic E-state index is -0.557. The largest absolute Gasteiger partial charge is 0.507 e. The van der Waals surface area contributed by atoms with Crippen LogP contribution in [0.1, 0.15) is 27.9 Å². The van der Waals surface area contributed by atoms with Crippen LogP contribution in [0.2, 0.25) is 0 Å². The number of fused-ring (bicyclic) bond motifs is 1. The lowest BCUT2D eigenvalue weighted by Crippen LogP contribution is -2.35. The zero-order chi connectivity index (χ0) is 15.0. The predicted octanol–water partition coefficient (Wildman–Crippen LogP) is 3.43. The van der Waals surface area contributed by atoms with Crippen LogP contribution < -0.4 is 4.90 Å². The van der Waals surface area contributed by atoms with Gasteiger partial charge in [0.1, 0.15) is 11.6 Å². The maximum atomic E-state index is 13.1. The van der Waals surface area contributed by atoms with Crippen LogP contribution in [-0.4, -0.2) is 17.6 Å². The van der Waals surface area contributed by atoms with Crippen molar-refractivity contribution in [2.24, 2.45) is 0 Å². The summed E-state index contributed by atoms with van der Waals surface area (Å²) in [7, 11) is 0. The highest BCUT2D eigenvalue weighted by Crippen LogP contribution is 2.31. The Balaban J connectivity index is 2.00. The van der Waals surface area contributed by atoms with Crippen molar-refractivity contribution in [1.29, 1.82) is 0 Å². The van der Waals surface area contributed by atoms with Gasteiger partial charge in [0.25, 0.3) is 5.91 Å². The van der Waals surface area contributed by atoms with Crippen LogP contribution in [-0.2, 0) is 6.42 Å². The molecule has 108 valence electrons. The van der Waals surface area contributed by atoms with Crippen LogP contribution in [0, 0.1) is 12.7 Å². The van der Waals surface area contributed by atoms with E-state index in [1.54, 1.807) is 4.90 Å². The molecule has 1 amide bonds. The third kappa shape index (κ3) is 2.49. The van der Waals surface area contributed by atoms with E-state index in [-0.39, 0.29) is 17.2 Å². The van der Waals surface area contributed by atoms with Crippen molar-refractivity contribution in [2.45, 2.75) is 19.8 Å². The Morgan fingerprint density at radius 1 is 1.24 bits per heavy atom. The van der Waals surface area contributed by atoms with Crippen LogP contribution in [0.4, 0.5) is 10.1 Å². The third-order valence-corrected chi connectivity index (χ3v) is 3.79. The molecular formula is C17H16FNO2. The van der Waals surface area contributed by atoms with E-state index in [1.165, 1.54) is 12.1 Å². The highest BCUT2D eigenvalue weighted by Gasteiger charge is 2.25. The first-order valence-corrected chi connectivity index (χ1v) is 6.96. The molecule has 0 saturated carbocycles. The standard InChI is InChI=1S/C17H16FNO2/c1-11-4-7-15-12(9-11)3-2-8-19(15)17(21)14-6-5-13(18)10-16(14)20/h4-7,9-10,20H,2-3,8H2,1H3. The zero-order valence-electron chi connectivity index (χ0n) is 11.8. The zero-order valence-corrected chi connectivity index (χ0v) is 11.8. The lowest BCUT2D eigenvalue weighted by Gasteiger charge is -2.30. The molecule has 0 radical (unpaired) electrons. The number of carbonyl (C=O) groups is 1. The SMILES string of the molecule is Cc1ccc2c(c1)CCCN2C(=O)c1ccc(F)cc1O. The van der Waals surface area contributed by atoms with Gasteiger partial charge in [0.15, 0.2) is 0 Å². The van der Waals surface area contributed by atoms with Crippen molar-refractivity contribution >= 4 is 11.6 Å². The molecule has 3 rings (SSSR count). The number of phenolic OH excluding ortho intramolecular Hbond substituents is 1. The molecule has 3 nitrogen and oxygen atoms in total. The molecule has 0 bridgehead atoms. The molecule has 2 aromatic rings. The minimum Gasteiger partial charge on any atom is -0.507 e. The first-order chi connectivity index (χ1) is 10.1. The average Bonchev–Trinajstić information content (AvgIpc) is 2.45. The Morgan fingerprint density at radius 3 is 2.81 bits per heavy atom. The monoisotopic (exact) mass is 285 g/mol. The van der Waals surface area contributed by atoms with Gasteiger partial charge in [-0.1, -0.05) is 17.7 Å². The summed E-state index contributed by atoms with van der Waals surface area (Å²) in [5, 5.41) is 9.80. The molecule has 2 aromatic carbocycles. The van der Waals surface area contributed by atoms with Gasteiger partial charge in [0, 0.05) is 18.3 Å². The summed E-state index contributed by atoms with van der Waals surface area (Å²) in [6, 6.07) is 9.46. The number of hydrogen-bond acceptors (Lipinski definition) is 2. The molecule has 1 aliphatic rings. The summed E-state index contributed by atoms with van der Waals surface area (Å²) in [5.74, 6) is -1.17. The van der Waals surface area contributed by atoms with Crippen molar-refractivity contribution in [3.63, 3.8) is 0 Å². The Kier molecular flexibility index (Phi) is 3.37. The quantitative estimate of drug-likeness (QED) is 0.872. The average molecular weight is 285 g/mol. The van der Waals surface area contributed by atoms with E-state index in [2.05, 4.69) is 6.07 Å². The Hall–Kier alpha value is -2.36. The maximum absolute atomic E-state index is 13.1. The Morgan fingerprint density at radius 2 is 2.05 bits per heavy atom. The number of amides is 1. The fraction of sp³-hybridized carbons (Fsp3) is 0.235. The normalized spacial score (nSPS) is 13.9. The smallest absolute Gasteiger partial charge is 0.262 e.